The van der Waals surface area contributed by atoms with Crippen LogP contribution in [0.15, 0.2) is 0 Å². The van der Waals surface area contributed by atoms with Crippen LogP contribution in [-0.2, 0) is 4.74 Å². The van der Waals surface area contributed by atoms with Crippen LogP contribution in [-0.4, -0.2) is 24.5 Å². The molecule has 0 bridgehead atoms. The standard InChI is InChI=1S/C4H3ClF6O/c5-3(9)4(10,11)12-2(8)1(6)7/h1-3H. The van der Waals surface area contributed by atoms with E-state index in [2.05, 4.69) is 16.3 Å². The molecule has 0 N–H and O–H groups in total. The predicted octanol–water partition coefficient (Wildman–Crippen LogP) is 2.69. The van der Waals surface area contributed by atoms with Gasteiger partial charge in [-0.1, -0.05) is 11.6 Å². The number of halogens is 7. The number of alkyl halides is 7. The summed E-state index contributed by atoms with van der Waals surface area (Å²) in [5, 5.41) is 0. The molecule has 0 fully saturated rings. The molecule has 0 amide bonds. The third kappa shape index (κ3) is 3.48. The van der Waals surface area contributed by atoms with Gasteiger partial charge in [0.15, 0.2) is 0 Å². The molecule has 0 aromatic carbocycles. The Balaban J connectivity index is 4.05. The van der Waals surface area contributed by atoms with Gasteiger partial charge in [0.2, 0.25) is 0 Å². The van der Waals surface area contributed by atoms with Gasteiger partial charge in [0.25, 0.3) is 18.4 Å². The summed E-state index contributed by atoms with van der Waals surface area (Å²) in [5.41, 5.74) is -3.37. The van der Waals surface area contributed by atoms with E-state index in [1.54, 1.807) is 0 Å². The average molecular weight is 217 g/mol. The van der Waals surface area contributed by atoms with Gasteiger partial charge in [0, 0.05) is 0 Å². The van der Waals surface area contributed by atoms with Crippen LogP contribution in [0.5, 0.6) is 0 Å². The molecule has 2 unspecified atom stereocenters. The van der Waals surface area contributed by atoms with Gasteiger partial charge in [-0.15, -0.1) is 0 Å². The molecule has 1 nitrogen and oxygen atoms in total. The largest absolute Gasteiger partial charge is 0.403 e. The lowest BCUT2D eigenvalue weighted by Crippen LogP contribution is -2.35. The Labute approximate surface area is 68.2 Å². The van der Waals surface area contributed by atoms with Crippen LogP contribution in [0.1, 0.15) is 0 Å². The molecular weight excluding hydrogens is 213 g/mol. The van der Waals surface area contributed by atoms with Crippen LogP contribution in [0.2, 0.25) is 0 Å². The molecule has 0 aromatic heterocycles. The van der Waals surface area contributed by atoms with Crippen molar-refractivity contribution in [2.24, 2.45) is 0 Å². The van der Waals surface area contributed by atoms with Crippen LogP contribution >= 0.6 is 11.6 Å². The van der Waals surface area contributed by atoms with Gasteiger partial charge in [0.1, 0.15) is 0 Å². The van der Waals surface area contributed by atoms with Gasteiger partial charge < -0.3 is 0 Å². The van der Waals surface area contributed by atoms with Crippen molar-refractivity contribution in [3.8, 4) is 0 Å². The molecule has 0 aliphatic carbocycles. The molecule has 0 saturated heterocycles. The molecule has 0 spiro atoms. The molecule has 0 rings (SSSR count). The summed E-state index contributed by atoms with van der Waals surface area (Å²) < 4.78 is 72.1. The average Bonchev–Trinajstić information content (AvgIpc) is 1.85. The smallest absolute Gasteiger partial charge is 0.276 e. The molecule has 2 atom stereocenters. The Hall–Kier alpha value is -0.170. The highest BCUT2D eigenvalue weighted by molar-refractivity contribution is 6.20. The highest BCUT2D eigenvalue weighted by atomic mass is 35.5. The Bertz CT molecular complexity index is 140. The van der Waals surface area contributed by atoms with E-state index in [-0.39, 0.29) is 0 Å². The summed E-state index contributed by atoms with van der Waals surface area (Å²) >= 11 is 4.16. The first-order chi connectivity index (χ1) is 5.27. The maximum absolute atomic E-state index is 11.9. The van der Waals surface area contributed by atoms with Crippen molar-refractivity contribution < 1.29 is 31.1 Å². The van der Waals surface area contributed by atoms with E-state index in [9.17, 15) is 26.3 Å². The second-order valence-electron chi connectivity index (χ2n) is 1.67. The molecule has 0 aliphatic rings. The lowest BCUT2D eigenvalue weighted by atomic mass is 10.6. The van der Waals surface area contributed by atoms with Crippen molar-refractivity contribution in [1.29, 1.82) is 0 Å². The van der Waals surface area contributed by atoms with Crippen LogP contribution in [0, 0.1) is 0 Å². The maximum atomic E-state index is 11.9. The molecule has 74 valence electrons. The second-order valence-corrected chi connectivity index (χ2v) is 2.05. The highest BCUT2D eigenvalue weighted by Gasteiger charge is 2.45. The fraction of sp³-hybridized carbons (Fsp3) is 1.00. The van der Waals surface area contributed by atoms with Gasteiger partial charge in [0.05, 0.1) is 0 Å². The molecular formula is C4H3ClF6O. The predicted molar refractivity (Wildman–Crippen MR) is 27.7 cm³/mol. The summed E-state index contributed by atoms with van der Waals surface area (Å²) in [6.45, 7) is 0. The van der Waals surface area contributed by atoms with Crippen molar-refractivity contribution >= 4 is 11.6 Å². The molecule has 0 aromatic rings. The zero-order valence-corrected chi connectivity index (χ0v) is 6.04. The van der Waals surface area contributed by atoms with Crippen molar-refractivity contribution in [3.63, 3.8) is 0 Å². The lowest BCUT2D eigenvalue weighted by molar-refractivity contribution is -0.320. The van der Waals surface area contributed by atoms with Gasteiger partial charge in [-0.25, -0.2) is 17.6 Å². The molecule has 8 heteroatoms. The summed E-state index contributed by atoms with van der Waals surface area (Å²) in [4.78, 5) is 0. The fourth-order valence-electron chi connectivity index (χ4n) is 0.253. The maximum Gasteiger partial charge on any atom is 0.403 e. The Kier molecular flexibility index (Phi) is 4.12. The Morgan fingerprint density at radius 1 is 1.08 bits per heavy atom. The van der Waals surface area contributed by atoms with Crippen LogP contribution in [0.25, 0.3) is 0 Å². The normalized spacial score (nSPS) is 18.0. The quantitative estimate of drug-likeness (QED) is 0.519. The topological polar surface area (TPSA) is 9.23 Å². The third-order valence-electron chi connectivity index (χ3n) is 0.722. The molecule has 0 heterocycles. The summed E-state index contributed by atoms with van der Waals surface area (Å²) in [7, 11) is 0. The molecule has 0 aliphatic heterocycles. The first-order valence-corrected chi connectivity index (χ1v) is 2.97. The van der Waals surface area contributed by atoms with Gasteiger partial charge in [-0.2, -0.15) is 8.78 Å². The van der Waals surface area contributed by atoms with E-state index < -0.39 is 24.5 Å². The molecule has 0 radical (unpaired) electrons. The van der Waals surface area contributed by atoms with E-state index in [0.717, 1.165) is 0 Å². The molecule has 0 saturated carbocycles. The monoisotopic (exact) mass is 216 g/mol. The minimum Gasteiger partial charge on any atom is -0.276 e. The van der Waals surface area contributed by atoms with Crippen LogP contribution in [0.3, 0.4) is 0 Å². The van der Waals surface area contributed by atoms with E-state index in [4.69, 9.17) is 0 Å². The summed E-state index contributed by atoms with van der Waals surface area (Å²) in [6, 6.07) is 0. The fourth-order valence-corrected chi connectivity index (χ4v) is 0.304. The van der Waals surface area contributed by atoms with E-state index in [1.165, 1.54) is 0 Å². The minimum absolute atomic E-state index is 2.70. The van der Waals surface area contributed by atoms with E-state index in [1.807, 2.05) is 0 Å². The highest BCUT2D eigenvalue weighted by Crippen LogP contribution is 2.29. The zero-order chi connectivity index (χ0) is 9.94. The zero-order valence-electron chi connectivity index (χ0n) is 5.29. The SMILES string of the molecule is FC(F)C(F)OC(F)(F)C(F)Cl. The third-order valence-corrected chi connectivity index (χ3v) is 0.976. The lowest BCUT2D eigenvalue weighted by Gasteiger charge is -2.18. The van der Waals surface area contributed by atoms with Crippen molar-refractivity contribution in [2.45, 2.75) is 24.5 Å². The first kappa shape index (κ1) is 11.8. The van der Waals surface area contributed by atoms with Gasteiger partial charge >= 0.3 is 6.11 Å². The van der Waals surface area contributed by atoms with Crippen molar-refractivity contribution in [1.82, 2.24) is 0 Å². The first-order valence-electron chi connectivity index (χ1n) is 2.53. The van der Waals surface area contributed by atoms with Crippen molar-refractivity contribution in [3.05, 3.63) is 0 Å². The molecule has 12 heavy (non-hydrogen) atoms. The minimum atomic E-state index is -4.75. The number of hydrogen-bond donors (Lipinski definition) is 0. The van der Waals surface area contributed by atoms with Gasteiger partial charge in [-0.05, 0) is 0 Å². The van der Waals surface area contributed by atoms with Gasteiger partial charge in [-0.3, -0.25) is 4.74 Å². The summed E-state index contributed by atoms with van der Waals surface area (Å²) in [6.07, 6.45) is -12.1. The van der Waals surface area contributed by atoms with Crippen LogP contribution in [0.4, 0.5) is 26.3 Å². The summed E-state index contributed by atoms with van der Waals surface area (Å²) in [5.74, 6) is 0. The number of rotatable bonds is 4. The number of ether oxygens (including phenoxy) is 1. The second kappa shape index (κ2) is 4.18. The Morgan fingerprint density at radius 2 is 1.50 bits per heavy atom. The van der Waals surface area contributed by atoms with E-state index >= 15 is 0 Å². The van der Waals surface area contributed by atoms with Crippen LogP contribution < -0.4 is 0 Å². The Morgan fingerprint density at radius 3 is 1.75 bits per heavy atom. The van der Waals surface area contributed by atoms with E-state index in [0.29, 0.717) is 0 Å². The number of hydrogen-bond acceptors (Lipinski definition) is 1. The van der Waals surface area contributed by atoms with Crippen molar-refractivity contribution in [2.75, 3.05) is 0 Å².